The molecule has 0 amide bonds. The molecular formula is C22H40ClN. The minimum Gasteiger partial charge on any atom is -1.00 e. The number of aromatic nitrogens is 1. The Morgan fingerprint density at radius 1 is 0.708 bits per heavy atom. The molecule has 2 heteroatoms. The van der Waals surface area contributed by atoms with Crippen LogP contribution in [0.4, 0.5) is 0 Å². The maximum Gasteiger partial charge on any atom is 0.171 e. The van der Waals surface area contributed by atoms with Crippen LogP contribution in [0.25, 0.3) is 0 Å². The molecule has 1 nitrogen and oxygen atoms in total. The molecule has 0 bridgehead atoms. The van der Waals surface area contributed by atoms with Crippen molar-refractivity contribution in [2.24, 2.45) is 0 Å². The molecule has 1 aromatic heterocycles. The molecule has 0 aliphatic carbocycles. The zero-order valence-electron chi connectivity index (χ0n) is 16.2. The van der Waals surface area contributed by atoms with Gasteiger partial charge in [-0.3, -0.25) is 0 Å². The second-order valence-electron chi connectivity index (χ2n) is 7.09. The van der Waals surface area contributed by atoms with Crippen LogP contribution < -0.4 is 17.0 Å². The van der Waals surface area contributed by atoms with Crippen LogP contribution in [0.5, 0.6) is 0 Å². The molecule has 0 atom stereocenters. The summed E-state index contributed by atoms with van der Waals surface area (Å²) < 4.78 is 2.39. The first-order valence-corrected chi connectivity index (χ1v) is 10.3. The van der Waals surface area contributed by atoms with Crippen LogP contribution in [0.15, 0.2) is 24.5 Å². The third kappa shape index (κ3) is 12.8. The minimum absolute atomic E-state index is 0. The molecule has 0 aliphatic heterocycles. The van der Waals surface area contributed by atoms with Gasteiger partial charge in [-0.05, 0) is 25.3 Å². The Hall–Kier alpha value is -0.560. The molecule has 0 saturated heterocycles. The highest BCUT2D eigenvalue weighted by atomic mass is 35.5. The quantitative estimate of drug-likeness (QED) is 0.335. The lowest BCUT2D eigenvalue weighted by Crippen LogP contribution is -3.00. The van der Waals surface area contributed by atoms with E-state index in [1.807, 2.05) is 0 Å². The first kappa shape index (κ1) is 23.4. The molecule has 1 aromatic rings. The highest BCUT2D eigenvalue weighted by Crippen LogP contribution is 2.10. The van der Waals surface area contributed by atoms with Crippen LogP contribution in [0.2, 0.25) is 0 Å². The summed E-state index contributed by atoms with van der Waals surface area (Å²) in [7, 11) is 0. The Morgan fingerprint density at radius 3 is 1.88 bits per heavy atom. The average molecular weight is 354 g/mol. The SMILES string of the molecule is CCCCCCCCCCCC[n+]1cccc(CCCCC)c1.[Cl-]. The van der Waals surface area contributed by atoms with Crippen molar-refractivity contribution in [2.45, 2.75) is 110 Å². The van der Waals surface area contributed by atoms with Crippen LogP contribution in [-0.4, -0.2) is 0 Å². The zero-order valence-corrected chi connectivity index (χ0v) is 17.0. The third-order valence-corrected chi connectivity index (χ3v) is 4.76. The predicted octanol–water partition coefficient (Wildman–Crippen LogP) is 3.63. The van der Waals surface area contributed by atoms with E-state index in [4.69, 9.17) is 0 Å². The van der Waals surface area contributed by atoms with Gasteiger partial charge in [0, 0.05) is 18.1 Å². The van der Waals surface area contributed by atoms with E-state index in [2.05, 4.69) is 42.9 Å². The third-order valence-electron chi connectivity index (χ3n) is 4.76. The van der Waals surface area contributed by atoms with Gasteiger partial charge in [-0.2, -0.15) is 0 Å². The Bertz CT molecular complexity index is 378. The molecule has 0 saturated carbocycles. The van der Waals surface area contributed by atoms with E-state index in [9.17, 15) is 0 Å². The Balaban J connectivity index is 0.00000529. The van der Waals surface area contributed by atoms with Gasteiger partial charge in [0.15, 0.2) is 12.4 Å². The fraction of sp³-hybridized carbons (Fsp3) is 0.773. The van der Waals surface area contributed by atoms with Crippen LogP contribution in [0.1, 0.15) is 103 Å². The second-order valence-corrected chi connectivity index (χ2v) is 7.09. The van der Waals surface area contributed by atoms with Crippen molar-refractivity contribution >= 4 is 0 Å². The van der Waals surface area contributed by atoms with Gasteiger partial charge in [0.25, 0.3) is 0 Å². The molecule has 0 aromatic carbocycles. The number of aryl methyl sites for hydroxylation is 2. The highest BCUT2D eigenvalue weighted by Gasteiger charge is 2.02. The van der Waals surface area contributed by atoms with E-state index in [0.29, 0.717) is 0 Å². The fourth-order valence-electron chi connectivity index (χ4n) is 3.22. The van der Waals surface area contributed by atoms with E-state index in [1.54, 1.807) is 0 Å². The van der Waals surface area contributed by atoms with Gasteiger partial charge in [-0.25, -0.2) is 4.57 Å². The minimum atomic E-state index is 0. The first-order chi connectivity index (χ1) is 11.4. The van der Waals surface area contributed by atoms with Gasteiger partial charge in [0.05, 0.1) is 0 Å². The normalized spacial score (nSPS) is 10.6. The van der Waals surface area contributed by atoms with Crippen molar-refractivity contribution < 1.29 is 17.0 Å². The van der Waals surface area contributed by atoms with Gasteiger partial charge in [0.2, 0.25) is 0 Å². The summed E-state index contributed by atoms with van der Waals surface area (Å²) in [5.74, 6) is 0. The number of nitrogens with zero attached hydrogens (tertiary/aromatic N) is 1. The first-order valence-electron chi connectivity index (χ1n) is 10.3. The molecule has 1 rings (SSSR count). The Labute approximate surface area is 157 Å². The van der Waals surface area contributed by atoms with E-state index >= 15 is 0 Å². The lowest BCUT2D eigenvalue weighted by Gasteiger charge is -2.03. The number of rotatable bonds is 15. The summed E-state index contributed by atoms with van der Waals surface area (Å²) in [5.41, 5.74) is 1.51. The lowest BCUT2D eigenvalue weighted by atomic mass is 10.1. The van der Waals surface area contributed by atoms with Crippen LogP contribution in [0, 0.1) is 0 Å². The zero-order chi connectivity index (χ0) is 16.6. The summed E-state index contributed by atoms with van der Waals surface area (Å²) >= 11 is 0. The highest BCUT2D eigenvalue weighted by molar-refractivity contribution is 5.05. The molecule has 0 spiro atoms. The van der Waals surface area contributed by atoms with Gasteiger partial charge in [0.1, 0.15) is 6.54 Å². The van der Waals surface area contributed by atoms with Gasteiger partial charge in [-0.15, -0.1) is 0 Å². The molecule has 0 N–H and O–H groups in total. The van der Waals surface area contributed by atoms with Crippen LogP contribution in [-0.2, 0) is 13.0 Å². The molecule has 140 valence electrons. The summed E-state index contributed by atoms with van der Waals surface area (Å²) in [6.45, 7) is 5.76. The largest absolute Gasteiger partial charge is 1.00 e. The average Bonchev–Trinajstić information content (AvgIpc) is 2.57. The van der Waals surface area contributed by atoms with Crippen molar-refractivity contribution in [1.82, 2.24) is 0 Å². The van der Waals surface area contributed by atoms with E-state index in [0.717, 1.165) is 0 Å². The van der Waals surface area contributed by atoms with Crippen LogP contribution >= 0.6 is 0 Å². The summed E-state index contributed by atoms with van der Waals surface area (Å²) in [6, 6.07) is 4.50. The topological polar surface area (TPSA) is 3.88 Å². The smallest absolute Gasteiger partial charge is 0.171 e. The fourth-order valence-corrected chi connectivity index (χ4v) is 3.22. The van der Waals surface area contributed by atoms with E-state index in [-0.39, 0.29) is 12.4 Å². The van der Waals surface area contributed by atoms with Gasteiger partial charge >= 0.3 is 0 Å². The second kappa shape index (κ2) is 17.3. The maximum absolute atomic E-state index is 2.39. The van der Waals surface area contributed by atoms with Gasteiger partial charge in [-0.1, -0.05) is 78.1 Å². The Kier molecular flexibility index (Phi) is 16.9. The van der Waals surface area contributed by atoms with Crippen molar-refractivity contribution in [1.29, 1.82) is 0 Å². The molecule has 0 unspecified atom stereocenters. The van der Waals surface area contributed by atoms with Crippen molar-refractivity contribution in [3.05, 3.63) is 30.1 Å². The summed E-state index contributed by atoms with van der Waals surface area (Å²) in [5, 5.41) is 0. The molecule has 24 heavy (non-hydrogen) atoms. The van der Waals surface area contributed by atoms with Crippen molar-refractivity contribution in [3.63, 3.8) is 0 Å². The molecule has 0 fully saturated rings. The number of hydrogen-bond donors (Lipinski definition) is 0. The predicted molar refractivity (Wildman–Crippen MR) is 102 cm³/mol. The number of hydrogen-bond acceptors (Lipinski definition) is 0. The summed E-state index contributed by atoms with van der Waals surface area (Å²) in [4.78, 5) is 0. The monoisotopic (exact) mass is 353 g/mol. The van der Waals surface area contributed by atoms with Crippen molar-refractivity contribution in [2.75, 3.05) is 0 Å². The summed E-state index contributed by atoms with van der Waals surface area (Å²) in [6.07, 6.45) is 24.0. The van der Waals surface area contributed by atoms with Crippen LogP contribution in [0.3, 0.4) is 0 Å². The van der Waals surface area contributed by atoms with E-state index in [1.165, 1.54) is 102 Å². The standard InChI is InChI=1S/C22H40N.ClH/c1-3-5-7-8-9-10-11-12-13-15-19-23-20-16-18-22(21-23)17-14-6-4-2;/h16,18,20-21H,3-15,17,19H2,1-2H3;1H/q+1;/p-1. The molecule has 1 heterocycles. The van der Waals surface area contributed by atoms with Gasteiger partial charge < -0.3 is 12.4 Å². The maximum atomic E-state index is 2.39. The molecule has 0 radical (unpaired) electrons. The number of pyridine rings is 1. The molecular weight excluding hydrogens is 314 g/mol. The Morgan fingerprint density at radius 2 is 1.25 bits per heavy atom. The number of halogens is 1. The number of unbranched alkanes of at least 4 members (excludes halogenated alkanes) is 11. The van der Waals surface area contributed by atoms with Crippen molar-refractivity contribution in [3.8, 4) is 0 Å². The lowest BCUT2D eigenvalue weighted by molar-refractivity contribution is -0.697. The van der Waals surface area contributed by atoms with E-state index < -0.39 is 0 Å². The molecule has 0 aliphatic rings.